The minimum Gasteiger partial charge on any atom is -0.291 e. The van der Waals surface area contributed by atoms with Gasteiger partial charge in [0.05, 0.1) is 16.6 Å². The highest BCUT2D eigenvalue weighted by Crippen LogP contribution is 2.26. The van der Waals surface area contributed by atoms with Gasteiger partial charge in [-0.15, -0.1) is 0 Å². The van der Waals surface area contributed by atoms with Crippen LogP contribution in [0.2, 0.25) is 0 Å². The van der Waals surface area contributed by atoms with E-state index in [1.54, 1.807) is 30.3 Å². The summed E-state index contributed by atoms with van der Waals surface area (Å²) in [6.07, 6.45) is 0. The van der Waals surface area contributed by atoms with Crippen molar-refractivity contribution in [1.82, 2.24) is 4.98 Å². The Morgan fingerprint density at radius 2 is 1.50 bits per heavy atom. The van der Waals surface area contributed by atoms with Crippen LogP contribution in [0.15, 0.2) is 53.3 Å². The molecule has 3 aromatic rings. The molecular formula is C14H10N2O2. The zero-order valence-electron chi connectivity index (χ0n) is 9.42. The molecule has 0 unspecified atom stereocenters. The zero-order valence-corrected chi connectivity index (χ0v) is 9.42. The molecule has 18 heavy (non-hydrogen) atoms. The summed E-state index contributed by atoms with van der Waals surface area (Å²) in [5, 5.41) is 11.2. The highest BCUT2D eigenvalue weighted by atomic mass is 16.5. The van der Waals surface area contributed by atoms with E-state index in [4.69, 9.17) is 0 Å². The maximum absolute atomic E-state index is 12.0. The van der Waals surface area contributed by atoms with E-state index < -0.39 is 0 Å². The van der Waals surface area contributed by atoms with Gasteiger partial charge in [-0.25, -0.2) is 4.98 Å². The van der Waals surface area contributed by atoms with Crippen LogP contribution in [0, 0.1) is 0 Å². The summed E-state index contributed by atoms with van der Waals surface area (Å²) in [6.45, 7) is 0. The van der Waals surface area contributed by atoms with Gasteiger partial charge in [-0.3, -0.25) is 15.5 Å². The van der Waals surface area contributed by atoms with Crippen LogP contribution in [0.3, 0.4) is 0 Å². The second-order valence-electron chi connectivity index (χ2n) is 3.97. The molecule has 0 aliphatic heterocycles. The maximum atomic E-state index is 12.0. The van der Waals surface area contributed by atoms with E-state index in [1.165, 1.54) is 0 Å². The Morgan fingerprint density at radius 3 is 2.22 bits per heavy atom. The number of anilines is 1. The van der Waals surface area contributed by atoms with Gasteiger partial charge in [-0.05, 0) is 12.1 Å². The van der Waals surface area contributed by atoms with E-state index in [-0.39, 0.29) is 5.56 Å². The SMILES string of the molecule is O=c1nc2ccccc2c(NO)c2ccccc12. The van der Waals surface area contributed by atoms with E-state index in [0.29, 0.717) is 27.4 Å². The van der Waals surface area contributed by atoms with Crippen molar-refractivity contribution in [3.05, 3.63) is 58.9 Å². The van der Waals surface area contributed by atoms with Gasteiger partial charge in [0.15, 0.2) is 0 Å². The van der Waals surface area contributed by atoms with E-state index in [1.807, 2.05) is 18.2 Å². The number of nitrogens with one attached hydrogen (secondary N) is 1. The number of aromatic nitrogens is 1. The lowest BCUT2D eigenvalue weighted by Crippen LogP contribution is -2.01. The molecule has 0 bridgehead atoms. The number of fused-ring (bicyclic) bond motifs is 2. The summed E-state index contributed by atoms with van der Waals surface area (Å²) in [7, 11) is 0. The Labute approximate surface area is 102 Å². The van der Waals surface area contributed by atoms with Gasteiger partial charge >= 0.3 is 0 Å². The average molecular weight is 238 g/mol. The van der Waals surface area contributed by atoms with Crippen LogP contribution in [0.1, 0.15) is 0 Å². The van der Waals surface area contributed by atoms with Gasteiger partial charge in [0.2, 0.25) is 0 Å². The molecule has 0 saturated heterocycles. The molecule has 2 N–H and O–H groups in total. The molecule has 0 saturated carbocycles. The van der Waals surface area contributed by atoms with Gasteiger partial charge in [-0.2, -0.15) is 0 Å². The fraction of sp³-hybridized carbons (Fsp3) is 0. The Kier molecular flexibility index (Phi) is 2.42. The molecule has 1 heterocycles. The van der Waals surface area contributed by atoms with Crippen molar-refractivity contribution in [3.8, 4) is 0 Å². The quantitative estimate of drug-likeness (QED) is 0.639. The van der Waals surface area contributed by atoms with Crippen molar-refractivity contribution in [3.63, 3.8) is 0 Å². The predicted octanol–water partition coefficient (Wildman–Crippen LogP) is 2.55. The fourth-order valence-corrected chi connectivity index (χ4v) is 2.11. The molecule has 0 radical (unpaired) electrons. The van der Waals surface area contributed by atoms with Crippen molar-refractivity contribution in [2.75, 3.05) is 5.48 Å². The van der Waals surface area contributed by atoms with E-state index >= 15 is 0 Å². The van der Waals surface area contributed by atoms with E-state index in [2.05, 4.69) is 10.5 Å². The summed E-state index contributed by atoms with van der Waals surface area (Å²) >= 11 is 0. The minimum absolute atomic E-state index is 0.302. The molecule has 0 fully saturated rings. The van der Waals surface area contributed by atoms with Crippen molar-refractivity contribution in [2.24, 2.45) is 0 Å². The predicted molar refractivity (Wildman–Crippen MR) is 70.9 cm³/mol. The smallest absolute Gasteiger partial charge is 0.278 e. The van der Waals surface area contributed by atoms with Gasteiger partial charge in [-0.1, -0.05) is 36.4 Å². The van der Waals surface area contributed by atoms with Crippen LogP contribution in [-0.2, 0) is 0 Å². The van der Waals surface area contributed by atoms with Crippen LogP contribution < -0.4 is 11.0 Å². The molecular weight excluding hydrogens is 228 g/mol. The van der Waals surface area contributed by atoms with E-state index in [9.17, 15) is 10.0 Å². The van der Waals surface area contributed by atoms with Gasteiger partial charge in [0.1, 0.15) is 0 Å². The van der Waals surface area contributed by atoms with Gasteiger partial charge in [0.25, 0.3) is 5.56 Å². The largest absolute Gasteiger partial charge is 0.291 e. The maximum Gasteiger partial charge on any atom is 0.278 e. The molecule has 4 heteroatoms. The lowest BCUT2D eigenvalue weighted by atomic mass is 10.1. The lowest BCUT2D eigenvalue weighted by molar-refractivity contribution is 0.390. The minimum atomic E-state index is -0.302. The number of hydrogen-bond donors (Lipinski definition) is 2. The second-order valence-corrected chi connectivity index (χ2v) is 3.97. The molecule has 1 aromatic heterocycles. The standard InChI is InChI=1S/C14H10N2O2/c17-14-10-6-2-1-5-9(10)13(16-18)11-7-3-4-8-12(11)15-14/h1-8,16,18H. The first-order chi connectivity index (χ1) is 8.81. The van der Waals surface area contributed by atoms with Crippen LogP contribution >= 0.6 is 0 Å². The molecule has 0 aliphatic rings. The van der Waals surface area contributed by atoms with Crippen LogP contribution in [0.5, 0.6) is 0 Å². The molecule has 0 amide bonds. The Morgan fingerprint density at radius 1 is 0.889 bits per heavy atom. The number of nitrogens with zero attached hydrogens (tertiary/aromatic N) is 1. The third-order valence-electron chi connectivity index (χ3n) is 2.93. The second kappa shape index (κ2) is 4.09. The Hall–Kier alpha value is -2.46. The molecule has 0 aliphatic carbocycles. The molecule has 2 aromatic carbocycles. The number of benzene rings is 2. The highest BCUT2D eigenvalue weighted by Gasteiger charge is 2.07. The van der Waals surface area contributed by atoms with Crippen LogP contribution in [0.25, 0.3) is 21.7 Å². The molecule has 0 atom stereocenters. The summed E-state index contributed by atoms with van der Waals surface area (Å²) in [6, 6.07) is 14.3. The zero-order chi connectivity index (χ0) is 12.5. The van der Waals surface area contributed by atoms with Gasteiger partial charge in [0, 0.05) is 10.8 Å². The number of para-hydroxylation sites is 1. The van der Waals surface area contributed by atoms with Crippen molar-refractivity contribution >= 4 is 27.4 Å². The number of rotatable bonds is 1. The topological polar surface area (TPSA) is 62.2 Å². The molecule has 4 nitrogen and oxygen atoms in total. The first kappa shape index (κ1) is 10.7. The third kappa shape index (κ3) is 1.51. The first-order valence-corrected chi connectivity index (χ1v) is 5.53. The molecule has 3 rings (SSSR count). The monoisotopic (exact) mass is 238 g/mol. The Balaban J connectivity index is 2.70. The molecule has 88 valence electrons. The summed E-state index contributed by atoms with van der Waals surface area (Å²) < 4.78 is 0. The van der Waals surface area contributed by atoms with E-state index in [0.717, 1.165) is 0 Å². The van der Waals surface area contributed by atoms with Crippen LogP contribution in [0.4, 0.5) is 5.69 Å². The summed E-state index contributed by atoms with van der Waals surface area (Å²) in [5.74, 6) is 0. The lowest BCUT2D eigenvalue weighted by Gasteiger charge is -2.02. The summed E-state index contributed by atoms with van der Waals surface area (Å²) in [4.78, 5) is 16.1. The normalized spacial score (nSPS) is 10.7. The van der Waals surface area contributed by atoms with Crippen molar-refractivity contribution in [2.45, 2.75) is 0 Å². The highest BCUT2D eigenvalue weighted by molar-refractivity contribution is 6.05. The fourth-order valence-electron chi connectivity index (χ4n) is 2.11. The Bertz CT molecular complexity index is 800. The third-order valence-corrected chi connectivity index (χ3v) is 2.93. The van der Waals surface area contributed by atoms with Crippen LogP contribution in [-0.4, -0.2) is 10.2 Å². The summed E-state index contributed by atoms with van der Waals surface area (Å²) in [5.41, 5.74) is 2.93. The van der Waals surface area contributed by atoms with Crippen molar-refractivity contribution in [1.29, 1.82) is 0 Å². The van der Waals surface area contributed by atoms with Crippen molar-refractivity contribution < 1.29 is 5.21 Å². The molecule has 0 spiro atoms. The van der Waals surface area contributed by atoms with Gasteiger partial charge < -0.3 is 0 Å². The average Bonchev–Trinajstić information content (AvgIpc) is 2.53. The number of hydrogen-bond acceptors (Lipinski definition) is 4. The first-order valence-electron chi connectivity index (χ1n) is 5.53.